The van der Waals surface area contributed by atoms with Crippen LogP contribution in [0.15, 0.2) is 29.6 Å². The molecule has 1 aliphatic carbocycles. The van der Waals surface area contributed by atoms with Gasteiger partial charge in [0.05, 0.1) is 10.9 Å². The Morgan fingerprint density at radius 3 is 2.70 bits per heavy atom. The molecule has 5 nitrogen and oxygen atoms in total. The lowest BCUT2D eigenvalue weighted by molar-refractivity contribution is -0.120. The van der Waals surface area contributed by atoms with Crippen LogP contribution < -0.4 is 10.2 Å². The van der Waals surface area contributed by atoms with Crippen LogP contribution in [0.1, 0.15) is 48.7 Å². The van der Waals surface area contributed by atoms with Crippen molar-refractivity contribution in [3.63, 3.8) is 0 Å². The number of nitrogens with one attached hydrogen (secondary N) is 1. The average Bonchev–Trinajstić information content (AvgIpc) is 3.07. The van der Waals surface area contributed by atoms with E-state index < -0.39 is 0 Å². The number of piperidine rings is 1. The zero-order chi connectivity index (χ0) is 20.7. The number of anilines is 2. The molecular weight excluding hydrogens is 399 g/mol. The summed E-state index contributed by atoms with van der Waals surface area (Å²) in [7, 11) is 0. The van der Waals surface area contributed by atoms with Crippen molar-refractivity contribution in [1.82, 2.24) is 9.97 Å². The fourth-order valence-electron chi connectivity index (χ4n) is 4.35. The summed E-state index contributed by atoms with van der Waals surface area (Å²) in [5, 5.41) is 6.15. The van der Waals surface area contributed by atoms with Gasteiger partial charge in [0, 0.05) is 40.9 Å². The third-order valence-corrected chi connectivity index (χ3v) is 7.26. The highest BCUT2D eigenvalue weighted by molar-refractivity contribution is 7.11. The van der Waals surface area contributed by atoms with Gasteiger partial charge >= 0.3 is 0 Å². The summed E-state index contributed by atoms with van der Waals surface area (Å²) in [5.74, 6) is 2.05. The number of carbonyl (C=O) groups excluding carboxylic acids is 1. The van der Waals surface area contributed by atoms with Gasteiger partial charge in [-0.05, 0) is 50.8 Å². The molecular formula is C23H25FN4OS. The van der Waals surface area contributed by atoms with E-state index in [9.17, 15) is 9.18 Å². The zero-order valence-corrected chi connectivity index (χ0v) is 17.8. The Hall–Kier alpha value is -2.54. The molecule has 30 heavy (non-hydrogen) atoms. The number of hydrogen-bond acceptors (Lipinski definition) is 5. The Labute approximate surface area is 179 Å². The molecule has 2 aromatic heterocycles. The first-order valence-corrected chi connectivity index (χ1v) is 11.5. The van der Waals surface area contributed by atoms with Crippen LogP contribution in [-0.2, 0) is 4.79 Å². The predicted octanol–water partition coefficient (Wildman–Crippen LogP) is 5.26. The largest absolute Gasteiger partial charge is 0.356 e. The van der Waals surface area contributed by atoms with Crippen LogP contribution in [0.5, 0.6) is 0 Å². The van der Waals surface area contributed by atoms with Crippen LogP contribution in [0.25, 0.3) is 10.9 Å². The standard InChI is InChI=1S/C23H25FN4OS/c1-14-20-19(13-30-14)26-21(15-4-2-5-15)27-22(20)28-10-8-16(9-11-28)23(29)25-18-7-3-6-17(24)12-18/h3,6-7,12-13,15-16H,2,4-5,8-11H2,1H3,(H,25,29). The summed E-state index contributed by atoms with van der Waals surface area (Å²) in [6.45, 7) is 3.70. The van der Waals surface area contributed by atoms with Crippen molar-refractivity contribution in [3.05, 3.63) is 46.2 Å². The average molecular weight is 425 g/mol. The van der Waals surface area contributed by atoms with Crippen molar-refractivity contribution < 1.29 is 9.18 Å². The van der Waals surface area contributed by atoms with Gasteiger partial charge in [0.25, 0.3) is 0 Å². The molecule has 1 N–H and O–H groups in total. The summed E-state index contributed by atoms with van der Waals surface area (Å²) in [5.41, 5.74) is 1.56. The molecule has 156 valence electrons. The molecule has 2 fully saturated rings. The van der Waals surface area contributed by atoms with Crippen molar-refractivity contribution in [3.8, 4) is 0 Å². The van der Waals surface area contributed by atoms with Gasteiger partial charge in [-0.25, -0.2) is 14.4 Å². The number of aromatic nitrogens is 2. The van der Waals surface area contributed by atoms with Gasteiger partial charge in [0.2, 0.25) is 5.91 Å². The fourth-order valence-corrected chi connectivity index (χ4v) is 5.12. The molecule has 0 bridgehead atoms. The SMILES string of the molecule is Cc1scc2nc(C3CCC3)nc(N3CCC(C(=O)Nc4cccc(F)c4)CC3)c12. The van der Waals surface area contributed by atoms with E-state index in [-0.39, 0.29) is 17.6 Å². The number of carbonyl (C=O) groups is 1. The maximum absolute atomic E-state index is 13.4. The third kappa shape index (κ3) is 3.67. The lowest BCUT2D eigenvalue weighted by Gasteiger charge is -2.33. The minimum absolute atomic E-state index is 0.0324. The molecule has 1 saturated carbocycles. The first kappa shape index (κ1) is 19.4. The highest BCUT2D eigenvalue weighted by Gasteiger charge is 2.29. The molecule has 3 aromatic rings. The Morgan fingerprint density at radius 2 is 2.00 bits per heavy atom. The van der Waals surface area contributed by atoms with E-state index >= 15 is 0 Å². The molecule has 0 radical (unpaired) electrons. The van der Waals surface area contributed by atoms with Crippen molar-refractivity contribution in [2.75, 3.05) is 23.3 Å². The van der Waals surface area contributed by atoms with E-state index in [4.69, 9.17) is 9.97 Å². The van der Waals surface area contributed by atoms with Crippen LogP contribution in [0, 0.1) is 18.7 Å². The van der Waals surface area contributed by atoms with Crippen LogP contribution in [0.2, 0.25) is 0 Å². The number of rotatable bonds is 4. The highest BCUT2D eigenvalue weighted by atomic mass is 32.1. The van der Waals surface area contributed by atoms with Gasteiger partial charge in [0.1, 0.15) is 17.5 Å². The fraction of sp³-hybridized carbons (Fsp3) is 0.435. The summed E-state index contributed by atoms with van der Waals surface area (Å²) in [6, 6.07) is 6.05. The van der Waals surface area contributed by atoms with Crippen LogP contribution >= 0.6 is 11.3 Å². The second kappa shape index (κ2) is 7.95. The van der Waals surface area contributed by atoms with Gasteiger partial charge in [-0.2, -0.15) is 0 Å². The smallest absolute Gasteiger partial charge is 0.227 e. The molecule has 1 aromatic carbocycles. The number of nitrogens with zero attached hydrogens (tertiary/aromatic N) is 3. The van der Waals surface area contributed by atoms with E-state index in [1.807, 2.05) is 0 Å². The van der Waals surface area contributed by atoms with E-state index in [2.05, 4.69) is 22.5 Å². The van der Waals surface area contributed by atoms with E-state index in [1.54, 1.807) is 23.5 Å². The number of benzene rings is 1. The number of fused-ring (bicyclic) bond motifs is 1. The number of amides is 1. The summed E-state index contributed by atoms with van der Waals surface area (Å²) in [6.07, 6.45) is 5.13. The summed E-state index contributed by atoms with van der Waals surface area (Å²) in [4.78, 5) is 26.1. The maximum atomic E-state index is 13.4. The molecule has 1 aliphatic heterocycles. The van der Waals surface area contributed by atoms with Crippen molar-refractivity contribution in [1.29, 1.82) is 0 Å². The van der Waals surface area contributed by atoms with Crippen LogP contribution in [0.3, 0.4) is 0 Å². The molecule has 1 saturated heterocycles. The molecule has 5 rings (SSSR count). The predicted molar refractivity (Wildman–Crippen MR) is 119 cm³/mol. The summed E-state index contributed by atoms with van der Waals surface area (Å²) >= 11 is 1.73. The first-order valence-electron chi connectivity index (χ1n) is 10.7. The lowest BCUT2D eigenvalue weighted by atomic mass is 9.85. The Balaban J connectivity index is 1.32. The zero-order valence-electron chi connectivity index (χ0n) is 17.0. The van der Waals surface area contributed by atoms with Gasteiger partial charge in [0.15, 0.2) is 0 Å². The molecule has 2 aliphatic rings. The molecule has 3 heterocycles. The molecule has 0 atom stereocenters. The monoisotopic (exact) mass is 424 g/mol. The Morgan fingerprint density at radius 1 is 1.20 bits per heavy atom. The molecule has 0 spiro atoms. The van der Waals surface area contributed by atoms with E-state index in [1.165, 1.54) is 36.3 Å². The van der Waals surface area contributed by atoms with Crippen LogP contribution in [0.4, 0.5) is 15.9 Å². The Bertz CT molecular complexity index is 1090. The van der Waals surface area contributed by atoms with Gasteiger partial charge in [-0.15, -0.1) is 11.3 Å². The van der Waals surface area contributed by atoms with Gasteiger partial charge in [-0.3, -0.25) is 4.79 Å². The van der Waals surface area contributed by atoms with Crippen molar-refractivity contribution >= 4 is 39.7 Å². The van der Waals surface area contributed by atoms with Crippen molar-refractivity contribution in [2.24, 2.45) is 5.92 Å². The van der Waals surface area contributed by atoms with E-state index in [0.29, 0.717) is 11.6 Å². The first-order chi connectivity index (χ1) is 14.6. The minimum Gasteiger partial charge on any atom is -0.356 e. The number of aryl methyl sites for hydroxylation is 1. The van der Waals surface area contributed by atoms with Gasteiger partial charge in [-0.1, -0.05) is 12.5 Å². The highest BCUT2D eigenvalue weighted by Crippen LogP contribution is 2.39. The van der Waals surface area contributed by atoms with Crippen LogP contribution in [-0.4, -0.2) is 29.0 Å². The second-order valence-corrected chi connectivity index (χ2v) is 9.43. The van der Waals surface area contributed by atoms with Gasteiger partial charge < -0.3 is 10.2 Å². The third-order valence-electron chi connectivity index (χ3n) is 6.36. The Kier molecular flexibility index (Phi) is 5.15. The van der Waals surface area contributed by atoms with Crippen molar-refractivity contribution in [2.45, 2.75) is 44.9 Å². The van der Waals surface area contributed by atoms with E-state index in [0.717, 1.165) is 48.5 Å². The molecule has 7 heteroatoms. The number of halogens is 1. The number of hydrogen-bond donors (Lipinski definition) is 1. The summed E-state index contributed by atoms with van der Waals surface area (Å²) < 4.78 is 13.4. The maximum Gasteiger partial charge on any atom is 0.227 e. The topological polar surface area (TPSA) is 58.1 Å². The molecule has 1 amide bonds. The second-order valence-electron chi connectivity index (χ2n) is 8.35. The normalized spacial score (nSPS) is 17.9. The number of thiophene rings is 1. The quantitative estimate of drug-likeness (QED) is 0.621. The molecule has 0 unspecified atom stereocenters. The minimum atomic E-state index is -0.344. The lowest BCUT2D eigenvalue weighted by Crippen LogP contribution is -2.39.